The molecule has 19 heavy (non-hydrogen) atoms. The van der Waals surface area contributed by atoms with Gasteiger partial charge in [0.05, 0.1) is 0 Å². The molecule has 1 aliphatic carbocycles. The molecular formula is C18H27Br. The molecule has 0 aliphatic heterocycles. The van der Waals surface area contributed by atoms with E-state index < -0.39 is 0 Å². The summed E-state index contributed by atoms with van der Waals surface area (Å²) in [5.41, 5.74) is 3.58. The van der Waals surface area contributed by atoms with E-state index in [-0.39, 0.29) is 0 Å². The van der Waals surface area contributed by atoms with Crippen molar-refractivity contribution in [1.29, 1.82) is 0 Å². The minimum Gasteiger partial charge on any atom is -0.0836 e. The zero-order valence-corrected chi connectivity index (χ0v) is 14.2. The molecule has 0 spiro atoms. The highest BCUT2D eigenvalue weighted by Gasteiger charge is 2.25. The van der Waals surface area contributed by atoms with E-state index in [0.717, 1.165) is 5.92 Å². The van der Waals surface area contributed by atoms with Crippen LogP contribution < -0.4 is 0 Å². The smallest absolute Gasteiger partial charge is 0.0426 e. The number of halogens is 1. The summed E-state index contributed by atoms with van der Waals surface area (Å²) in [6, 6.07) is 8.99. The molecule has 1 aliphatic rings. The largest absolute Gasteiger partial charge is 0.0836 e. The molecule has 1 aromatic rings. The molecule has 0 nitrogen and oxygen atoms in total. The van der Waals surface area contributed by atoms with Crippen molar-refractivity contribution in [3.63, 3.8) is 0 Å². The Morgan fingerprint density at radius 1 is 1.21 bits per heavy atom. The lowest BCUT2D eigenvalue weighted by Gasteiger charge is -2.24. The summed E-state index contributed by atoms with van der Waals surface area (Å²) in [7, 11) is 0. The normalized spacial score (nSPS) is 23.8. The van der Waals surface area contributed by atoms with Crippen molar-refractivity contribution in [2.45, 2.75) is 64.1 Å². The molecule has 106 valence electrons. The second-order valence-electron chi connectivity index (χ2n) is 7.21. The molecule has 0 radical (unpaired) electrons. The van der Waals surface area contributed by atoms with Gasteiger partial charge in [-0.25, -0.2) is 0 Å². The van der Waals surface area contributed by atoms with Crippen LogP contribution in [0.15, 0.2) is 24.3 Å². The summed E-state index contributed by atoms with van der Waals surface area (Å²) < 4.78 is 0. The van der Waals surface area contributed by atoms with Crippen LogP contribution in [0.5, 0.6) is 0 Å². The van der Waals surface area contributed by atoms with Crippen LogP contribution >= 0.6 is 15.9 Å². The van der Waals surface area contributed by atoms with E-state index in [9.17, 15) is 0 Å². The van der Waals surface area contributed by atoms with Crippen molar-refractivity contribution in [2.24, 2.45) is 11.3 Å². The summed E-state index contributed by atoms with van der Waals surface area (Å²) in [4.78, 5) is 0.561. The minimum absolute atomic E-state index is 0.477. The standard InChI is InChI=1S/C18H27Br/c1-18(2,3)13-7-11-15-10-6-9-14-8-4-5-12-16(14)17(15)19/h4-5,8,12,15,17H,6-7,9-11,13H2,1-3H3. The Bertz CT molecular complexity index is 402. The molecular weight excluding hydrogens is 296 g/mol. The Hall–Kier alpha value is -0.300. The second kappa shape index (κ2) is 6.43. The molecule has 2 rings (SSSR count). The van der Waals surface area contributed by atoms with Crippen LogP contribution in [0.3, 0.4) is 0 Å². The molecule has 1 aromatic carbocycles. The Balaban J connectivity index is 1.99. The Labute approximate surface area is 127 Å². The average Bonchev–Trinajstić information content (AvgIpc) is 2.49. The van der Waals surface area contributed by atoms with Gasteiger partial charge in [-0.15, -0.1) is 0 Å². The molecule has 0 saturated heterocycles. The number of alkyl halides is 1. The third kappa shape index (κ3) is 4.34. The van der Waals surface area contributed by atoms with Crippen LogP contribution in [0.4, 0.5) is 0 Å². The first-order valence-corrected chi connectivity index (χ1v) is 8.61. The van der Waals surface area contributed by atoms with E-state index in [1.807, 2.05) is 0 Å². The first-order valence-electron chi connectivity index (χ1n) is 7.69. The molecule has 0 aromatic heterocycles. The molecule has 0 heterocycles. The third-order valence-corrected chi connectivity index (χ3v) is 5.53. The quantitative estimate of drug-likeness (QED) is 0.453. The summed E-state index contributed by atoms with van der Waals surface area (Å²) in [5, 5.41) is 0. The monoisotopic (exact) mass is 322 g/mol. The minimum atomic E-state index is 0.477. The average molecular weight is 323 g/mol. The highest BCUT2D eigenvalue weighted by molar-refractivity contribution is 9.09. The summed E-state index contributed by atoms with van der Waals surface area (Å²) in [5.74, 6) is 0.811. The van der Waals surface area contributed by atoms with Crippen molar-refractivity contribution in [1.82, 2.24) is 0 Å². The molecule has 0 saturated carbocycles. The number of benzene rings is 1. The number of hydrogen-bond acceptors (Lipinski definition) is 0. The molecule has 0 fully saturated rings. The second-order valence-corrected chi connectivity index (χ2v) is 8.19. The van der Waals surface area contributed by atoms with E-state index in [1.165, 1.54) is 38.5 Å². The predicted octanol–water partition coefficient (Wildman–Crippen LogP) is 6.29. The number of hydrogen-bond donors (Lipinski definition) is 0. The summed E-state index contributed by atoms with van der Waals surface area (Å²) in [6.45, 7) is 7.04. The van der Waals surface area contributed by atoms with Crippen molar-refractivity contribution in [2.75, 3.05) is 0 Å². The lowest BCUT2D eigenvalue weighted by Crippen LogP contribution is -2.10. The van der Waals surface area contributed by atoms with E-state index in [2.05, 4.69) is 61.0 Å². The van der Waals surface area contributed by atoms with Gasteiger partial charge in [0.1, 0.15) is 0 Å². The zero-order chi connectivity index (χ0) is 13.9. The van der Waals surface area contributed by atoms with Crippen molar-refractivity contribution in [3.05, 3.63) is 35.4 Å². The van der Waals surface area contributed by atoms with Gasteiger partial charge < -0.3 is 0 Å². The third-order valence-electron chi connectivity index (χ3n) is 4.29. The maximum atomic E-state index is 3.98. The van der Waals surface area contributed by atoms with Crippen LogP contribution in [0, 0.1) is 11.3 Å². The van der Waals surface area contributed by atoms with Crippen molar-refractivity contribution < 1.29 is 0 Å². The van der Waals surface area contributed by atoms with Gasteiger partial charge in [-0.3, -0.25) is 0 Å². The fraction of sp³-hybridized carbons (Fsp3) is 0.667. The van der Waals surface area contributed by atoms with Crippen LogP contribution in [-0.4, -0.2) is 0 Å². The van der Waals surface area contributed by atoms with E-state index in [4.69, 9.17) is 0 Å². The SMILES string of the molecule is CC(C)(C)CCCC1CCCc2ccccc2C1Br. The van der Waals surface area contributed by atoms with Crippen LogP contribution in [0.25, 0.3) is 0 Å². The van der Waals surface area contributed by atoms with Gasteiger partial charge in [0.15, 0.2) is 0 Å². The lowest BCUT2D eigenvalue weighted by molar-refractivity contribution is 0.330. The van der Waals surface area contributed by atoms with Crippen LogP contribution in [0.1, 0.15) is 68.8 Å². The predicted molar refractivity (Wildman–Crippen MR) is 87.8 cm³/mol. The first-order chi connectivity index (χ1) is 8.97. The molecule has 0 amide bonds. The maximum absolute atomic E-state index is 3.98. The zero-order valence-electron chi connectivity index (χ0n) is 12.6. The number of rotatable bonds is 3. The van der Waals surface area contributed by atoms with Crippen LogP contribution in [0.2, 0.25) is 0 Å². The van der Waals surface area contributed by atoms with Crippen molar-refractivity contribution >= 4 is 15.9 Å². The highest BCUT2D eigenvalue weighted by Crippen LogP contribution is 2.42. The molecule has 1 heteroatoms. The Morgan fingerprint density at radius 3 is 2.68 bits per heavy atom. The first kappa shape index (κ1) is 15.1. The summed E-state index contributed by atoms with van der Waals surface area (Å²) >= 11 is 3.98. The van der Waals surface area contributed by atoms with Crippen molar-refractivity contribution in [3.8, 4) is 0 Å². The van der Waals surface area contributed by atoms with E-state index in [1.54, 1.807) is 11.1 Å². The van der Waals surface area contributed by atoms with Gasteiger partial charge in [-0.1, -0.05) is 67.4 Å². The van der Waals surface area contributed by atoms with Gasteiger partial charge in [0, 0.05) is 4.83 Å². The molecule has 0 bridgehead atoms. The van der Waals surface area contributed by atoms with Gasteiger partial charge in [0.2, 0.25) is 0 Å². The van der Waals surface area contributed by atoms with E-state index >= 15 is 0 Å². The number of fused-ring (bicyclic) bond motifs is 1. The summed E-state index contributed by atoms with van der Waals surface area (Å²) in [6.07, 6.45) is 8.03. The lowest BCUT2D eigenvalue weighted by atomic mass is 9.85. The maximum Gasteiger partial charge on any atom is 0.0426 e. The highest BCUT2D eigenvalue weighted by atomic mass is 79.9. The van der Waals surface area contributed by atoms with Gasteiger partial charge in [-0.2, -0.15) is 0 Å². The fourth-order valence-electron chi connectivity index (χ4n) is 3.17. The topological polar surface area (TPSA) is 0 Å². The van der Waals surface area contributed by atoms with Crippen LogP contribution in [-0.2, 0) is 6.42 Å². The fourth-order valence-corrected chi connectivity index (χ4v) is 4.15. The Morgan fingerprint density at radius 2 is 1.95 bits per heavy atom. The molecule has 0 N–H and O–H groups in total. The Kier molecular flexibility index (Phi) is 5.11. The molecule has 2 unspecified atom stereocenters. The van der Waals surface area contributed by atoms with Gasteiger partial charge in [-0.05, 0) is 54.6 Å². The van der Waals surface area contributed by atoms with Gasteiger partial charge in [0.25, 0.3) is 0 Å². The molecule has 2 atom stereocenters. The van der Waals surface area contributed by atoms with E-state index in [0.29, 0.717) is 10.2 Å². The van der Waals surface area contributed by atoms with Gasteiger partial charge >= 0.3 is 0 Å². The number of aryl methyl sites for hydroxylation is 1.